The number of rotatable bonds is 0. The first-order chi connectivity index (χ1) is 5.00. The van der Waals surface area contributed by atoms with Gasteiger partial charge in [-0.2, -0.15) is 13.2 Å². The van der Waals surface area contributed by atoms with Crippen LogP contribution in [0.15, 0.2) is 17.1 Å². The van der Waals surface area contributed by atoms with Gasteiger partial charge in [-0.3, -0.25) is 4.99 Å². The maximum absolute atomic E-state index is 11.9. The van der Waals surface area contributed by atoms with Gasteiger partial charge in [-0.15, -0.1) is 0 Å². The molecule has 0 saturated carbocycles. The van der Waals surface area contributed by atoms with Crippen molar-refractivity contribution >= 4 is 6.21 Å². The van der Waals surface area contributed by atoms with E-state index >= 15 is 0 Å². The van der Waals surface area contributed by atoms with Gasteiger partial charge < -0.3 is 0 Å². The first-order valence-corrected chi connectivity index (χ1v) is 3.28. The van der Waals surface area contributed by atoms with Gasteiger partial charge in [-0.25, -0.2) is 0 Å². The van der Waals surface area contributed by atoms with Crippen LogP contribution in [-0.2, 0) is 0 Å². The standard InChI is InChI=1S/C7H8F3N/c1-5-2-3-6(11-4-5)7(8,9)10/h2-6H,1H3. The molecule has 0 saturated heterocycles. The van der Waals surface area contributed by atoms with Crippen LogP contribution < -0.4 is 0 Å². The van der Waals surface area contributed by atoms with Crippen LogP contribution >= 0.6 is 0 Å². The van der Waals surface area contributed by atoms with Gasteiger partial charge in [0.1, 0.15) is 0 Å². The lowest BCUT2D eigenvalue weighted by Gasteiger charge is -2.16. The van der Waals surface area contributed by atoms with Gasteiger partial charge in [-0.05, 0) is 0 Å². The summed E-state index contributed by atoms with van der Waals surface area (Å²) in [7, 11) is 0. The lowest BCUT2D eigenvalue weighted by atomic mass is 10.1. The Kier molecular flexibility index (Phi) is 2.02. The molecule has 0 fully saturated rings. The molecule has 2 unspecified atom stereocenters. The van der Waals surface area contributed by atoms with Crippen molar-refractivity contribution in [3.63, 3.8) is 0 Å². The smallest absolute Gasteiger partial charge is 0.280 e. The molecule has 0 aromatic rings. The summed E-state index contributed by atoms with van der Waals surface area (Å²) in [5.41, 5.74) is 0. The van der Waals surface area contributed by atoms with Crippen LogP contribution in [0.4, 0.5) is 13.2 Å². The van der Waals surface area contributed by atoms with E-state index in [2.05, 4.69) is 4.99 Å². The van der Waals surface area contributed by atoms with Crippen molar-refractivity contribution in [1.82, 2.24) is 0 Å². The van der Waals surface area contributed by atoms with Gasteiger partial charge in [0.05, 0.1) is 0 Å². The third kappa shape index (κ3) is 2.06. The van der Waals surface area contributed by atoms with Crippen LogP contribution in [0, 0.1) is 5.92 Å². The molecule has 0 aliphatic carbocycles. The van der Waals surface area contributed by atoms with Gasteiger partial charge in [0.25, 0.3) is 0 Å². The third-order valence-corrected chi connectivity index (χ3v) is 1.41. The van der Waals surface area contributed by atoms with Gasteiger partial charge >= 0.3 is 6.18 Å². The fourth-order valence-corrected chi connectivity index (χ4v) is 0.802. The Hall–Kier alpha value is -0.800. The Labute approximate surface area is 62.6 Å². The molecule has 0 amide bonds. The number of aliphatic imine (C=N–C) groups is 1. The van der Waals surface area contributed by atoms with Crippen LogP contribution in [0.3, 0.4) is 0 Å². The molecule has 11 heavy (non-hydrogen) atoms. The number of hydrogen-bond acceptors (Lipinski definition) is 1. The molecule has 0 aromatic carbocycles. The van der Waals surface area contributed by atoms with Crippen molar-refractivity contribution in [3.8, 4) is 0 Å². The summed E-state index contributed by atoms with van der Waals surface area (Å²) in [5, 5.41) is 0. The summed E-state index contributed by atoms with van der Waals surface area (Å²) in [5.74, 6) is 0.0219. The zero-order valence-corrected chi connectivity index (χ0v) is 5.97. The molecule has 2 atom stereocenters. The zero-order chi connectivity index (χ0) is 8.48. The Morgan fingerprint density at radius 3 is 2.27 bits per heavy atom. The van der Waals surface area contributed by atoms with E-state index in [-0.39, 0.29) is 5.92 Å². The number of halogens is 3. The summed E-state index contributed by atoms with van der Waals surface area (Å²) in [6.45, 7) is 1.78. The molecule has 1 nitrogen and oxygen atoms in total. The van der Waals surface area contributed by atoms with E-state index in [1.54, 1.807) is 6.92 Å². The van der Waals surface area contributed by atoms with Gasteiger partial charge in [0.15, 0.2) is 6.04 Å². The first kappa shape index (κ1) is 8.30. The Morgan fingerprint density at radius 1 is 1.27 bits per heavy atom. The van der Waals surface area contributed by atoms with E-state index in [9.17, 15) is 13.2 Å². The number of nitrogens with zero attached hydrogens (tertiary/aromatic N) is 1. The molecule has 0 aromatic heterocycles. The Bertz CT molecular complexity index is 178. The molecule has 1 rings (SSSR count). The molecular weight excluding hydrogens is 155 g/mol. The minimum atomic E-state index is -4.23. The number of alkyl halides is 3. The SMILES string of the molecule is CC1C=CC(C(F)(F)F)N=C1. The monoisotopic (exact) mass is 163 g/mol. The minimum Gasteiger partial charge on any atom is -0.280 e. The fraction of sp³-hybridized carbons (Fsp3) is 0.571. The molecule has 0 bridgehead atoms. The highest BCUT2D eigenvalue weighted by atomic mass is 19.4. The average Bonchev–Trinajstić information content (AvgIpc) is 1.86. The second-order valence-electron chi connectivity index (χ2n) is 2.53. The van der Waals surface area contributed by atoms with Crippen molar-refractivity contribution in [2.75, 3.05) is 0 Å². The second kappa shape index (κ2) is 2.68. The van der Waals surface area contributed by atoms with Crippen LogP contribution in [0.5, 0.6) is 0 Å². The molecular formula is C7H8F3N. The van der Waals surface area contributed by atoms with Crippen LogP contribution in [0.2, 0.25) is 0 Å². The molecule has 0 spiro atoms. The largest absolute Gasteiger partial charge is 0.414 e. The quantitative estimate of drug-likeness (QED) is 0.485. The predicted octanol–water partition coefficient (Wildman–Crippen LogP) is 2.19. The molecule has 1 aliphatic rings. The lowest BCUT2D eigenvalue weighted by molar-refractivity contribution is -0.136. The molecule has 1 aliphatic heterocycles. The summed E-state index contributed by atoms with van der Waals surface area (Å²) in [4.78, 5) is 3.34. The molecule has 1 heterocycles. The topological polar surface area (TPSA) is 12.4 Å². The van der Waals surface area contributed by atoms with E-state index in [0.717, 1.165) is 6.08 Å². The zero-order valence-electron chi connectivity index (χ0n) is 5.97. The van der Waals surface area contributed by atoms with Crippen molar-refractivity contribution in [2.24, 2.45) is 10.9 Å². The van der Waals surface area contributed by atoms with Crippen molar-refractivity contribution < 1.29 is 13.2 Å². The number of allylic oxidation sites excluding steroid dienone is 1. The van der Waals surface area contributed by atoms with Gasteiger partial charge in [0, 0.05) is 12.1 Å². The number of hydrogen-bond donors (Lipinski definition) is 0. The molecule has 0 N–H and O–H groups in total. The van der Waals surface area contributed by atoms with E-state index in [0.29, 0.717) is 0 Å². The molecule has 4 heteroatoms. The highest BCUT2D eigenvalue weighted by molar-refractivity contribution is 5.64. The van der Waals surface area contributed by atoms with E-state index < -0.39 is 12.2 Å². The first-order valence-electron chi connectivity index (χ1n) is 3.28. The normalized spacial score (nSPS) is 30.9. The van der Waals surface area contributed by atoms with Crippen molar-refractivity contribution in [1.29, 1.82) is 0 Å². The maximum Gasteiger partial charge on any atom is 0.414 e. The van der Waals surface area contributed by atoms with Gasteiger partial charge in [-0.1, -0.05) is 19.1 Å². The summed E-state index contributed by atoms with van der Waals surface area (Å²) < 4.78 is 35.7. The summed E-state index contributed by atoms with van der Waals surface area (Å²) in [6, 6.07) is -1.63. The third-order valence-electron chi connectivity index (χ3n) is 1.41. The van der Waals surface area contributed by atoms with Crippen LogP contribution in [0.1, 0.15) is 6.92 Å². The number of dihydropyridines is 1. The summed E-state index contributed by atoms with van der Waals surface area (Å²) >= 11 is 0. The minimum absolute atomic E-state index is 0.0219. The predicted molar refractivity (Wildman–Crippen MR) is 36.6 cm³/mol. The highest BCUT2D eigenvalue weighted by Crippen LogP contribution is 2.25. The molecule has 0 radical (unpaired) electrons. The second-order valence-corrected chi connectivity index (χ2v) is 2.53. The average molecular weight is 163 g/mol. The lowest BCUT2D eigenvalue weighted by Crippen LogP contribution is -2.27. The van der Waals surface area contributed by atoms with E-state index in [1.165, 1.54) is 12.3 Å². The van der Waals surface area contributed by atoms with E-state index in [4.69, 9.17) is 0 Å². The van der Waals surface area contributed by atoms with Gasteiger partial charge in [0.2, 0.25) is 0 Å². The molecule has 62 valence electrons. The van der Waals surface area contributed by atoms with Crippen molar-refractivity contribution in [3.05, 3.63) is 12.2 Å². The highest BCUT2D eigenvalue weighted by Gasteiger charge is 2.38. The van der Waals surface area contributed by atoms with E-state index in [1.807, 2.05) is 0 Å². The van der Waals surface area contributed by atoms with Crippen LogP contribution in [-0.4, -0.2) is 18.4 Å². The van der Waals surface area contributed by atoms with Crippen molar-refractivity contribution in [2.45, 2.75) is 19.1 Å². The fourth-order valence-electron chi connectivity index (χ4n) is 0.802. The maximum atomic E-state index is 11.9. The Balaban J connectivity index is 2.66. The Morgan fingerprint density at radius 2 is 1.91 bits per heavy atom. The summed E-state index contributed by atoms with van der Waals surface area (Å²) in [6.07, 6.45) is -0.318. The van der Waals surface area contributed by atoms with Crippen LogP contribution in [0.25, 0.3) is 0 Å².